The minimum atomic E-state index is -0.436. The Balaban J connectivity index is 2.89. The molecule has 5 heteroatoms. The second kappa shape index (κ2) is 5.46. The Morgan fingerprint density at radius 1 is 1.56 bits per heavy atom. The van der Waals surface area contributed by atoms with Gasteiger partial charge in [-0.25, -0.2) is 0 Å². The average molecular weight is 224 g/mol. The quantitative estimate of drug-likeness (QED) is 0.611. The van der Waals surface area contributed by atoms with Crippen molar-refractivity contribution in [2.24, 2.45) is 5.73 Å². The van der Waals surface area contributed by atoms with Gasteiger partial charge in [0.2, 0.25) is 0 Å². The number of nitro groups is 1. The lowest BCUT2D eigenvalue weighted by atomic mass is 10.1. The van der Waals surface area contributed by atoms with Crippen molar-refractivity contribution >= 4 is 5.69 Å². The normalized spacial score (nSPS) is 12.2. The van der Waals surface area contributed by atoms with Gasteiger partial charge >= 0.3 is 5.69 Å². The highest BCUT2D eigenvalue weighted by atomic mass is 16.6. The molecule has 2 N–H and O–H groups in total. The van der Waals surface area contributed by atoms with Crippen LogP contribution in [-0.4, -0.2) is 18.1 Å². The molecule has 0 radical (unpaired) electrons. The molecule has 0 aliphatic rings. The molecule has 0 aromatic heterocycles. The molecule has 88 valence electrons. The summed E-state index contributed by atoms with van der Waals surface area (Å²) >= 11 is 0. The summed E-state index contributed by atoms with van der Waals surface area (Å²) in [5.41, 5.74) is 6.55. The fourth-order valence-electron chi connectivity index (χ4n) is 1.43. The summed E-state index contributed by atoms with van der Waals surface area (Å²) in [4.78, 5) is 10.3. The van der Waals surface area contributed by atoms with E-state index in [0.717, 1.165) is 18.4 Å². The van der Waals surface area contributed by atoms with Crippen LogP contribution in [0.5, 0.6) is 5.75 Å². The molecule has 0 bridgehead atoms. The average Bonchev–Trinajstić information content (AvgIpc) is 2.25. The Labute approximate surface area is 94.4 Å². The third-order valence-electron chi connectivity index (χ3n) is 2.33. The van der Waals surface area contributed by atoms with Crippen molar-refractivity contribution in [1.29, 1.82) is 0 Å². The first-order valence-electron chi connectivity index (χ1n) is 5.11. The first-order valence-corrected chi connectivity index (χ1v) is 5.11. The maximum atomic E-state index is 10.8. The third-order valence-corrected chi connectivity index (χ3v) is 2.33. The van der Waals surface area contributed by atoms with Crippen LogP contribution in [0.15, 0.2) is 18.2 Å². The number of nitro benzene ring substituents is 1. The van der Waals surface area contributed by atoms with Gasteiger partial charge in [0.25, 0.3) is 0 Å². The Hall–Kier alpha value is -1.62. The van der Waals surface area contributed by atoms with Crippen LogP contribution >= 0.6 is 0 Å². The highest BCUT2D eigenvalue weighted by Gasteiger charge is 2.14. The Bertz CT molecular complexity index is 377. The largest absolute Gasteiger partial charge is 0.490 e. The fourth-order valence-corrected chi connectivity index (χ4v) is 1.43. The lowest BCUT2D eigenvalue weighted by molar-refractivity contribution is -0.385. The molecule has 1 aromatic carbocycles. The second-order valence-electron chi connectivity index (χ2n) is 3.78. The zero-order valence-electron chi connectivity index (χ0n) is 9.47. The van der Waals surface area contributed by atoms with E-state index >= 15 is 0 Å². The molecule has 0 saturated heterocycles. The molecule has 0 aliphatic carbocycles. The molecule has 16 heavy (non-hydrogen) atoms. The van der Waals surface area contributed by atoms with Crippen LogP contribution in [0.1, 0.15) is 18.9 Å². The number of hydrogen-bond donors (Lipinski definition) is 1. The second-order valence-corrected chi connectivity index (χ2v) is 3.78. The van der Waals surface area contributed by atoms with Crippen molar-refractivity contribution in [3.8, 4) is 5.75 Å². The van der Waals surface area contributed by atoms with Crippen LogP contribution in [0.3, 0.4) is 0 Å². The molecule has 0 fully saturated rings. The van der Waals surface area contributed by atoms with Crippen molar-refractivity contribution in [3.63, 3.8) is 0 Å². The lowest BCUT2D eigenvalue weighted by Crippen LogP contribution is -2.15. The Morgan fingerprint density at radius 3 is 2.75 bits per heavy atom. The molecule has 0 amide bonds. The van der Waals surface area contributed by atoms with Gasteiger partial charge in [-0.1, -0.05) is 6.07 Å². The Kier molecular flexibility index (Phi) is 4.25. The lowest BCUT2D eigenvalue weighted by Gasteiger charge is -2.06. The van der Waals surface area contributed by atoms with Crippen molar-refractivity contribution in [1.82, 2.24) is 0 Å². The summed E-state index contributed by atoms with van der Waals surface area (Å²) in [6.07, 6.45) is 1.55. The molecule has 1 aromatic rings. The first-order chi connectivity index (χ1) is 7.54. The van der Waals surface area contributed by atoms with Crippen molar-refractivity contribution in [2.75, 3.05) is 7.11 Å². The number of methoxy groups -OCH3 is 1. The Morgan fingerprint density at radius 2 is 2.25 bits per heavy atom. The van der Waals surface area contributed by atoms with Crippen LogP contribution in [0, 0.1) is 10.1 Å². The summed E-state index contributed by atoms with van der Waals surface area (Å²) < 4.78 is 4.92. The van der Waals surface area contributed by atoms with Crippen LogP contribution < -0.4 is 10.5 Å². The van der Waals surface area contributed by atoms with Gasteiger partial charge in [-0.05, 0) is 31.4 Å². The number of benzene rings is 1. The number of ether oxygens (including phenoxy) is 1. The van der Waals surface area contributed by atoms with Gasteiger partial charge in [0.15, 0.2) is 5.75 Å². The first kappa shape index (κ1) is 12.4. The van der Waals surface area contributed by atoms with E-state index in [4.69, 9.17) is 10.5 Å². The van der Waals surface area contributed by atoms with E-state index in [9.17, 15) is 10.1 Å². The molecule has 0 saturated carbocycles. The molecule has 0 aliphatic heterocycles. The minimum Gasteiger partial charge on any atom is -0.490 e. The van der Waals surface area contributed by atoms with E-state index in [2.05, 4.69) is 0 Å². The van der Waals surface area contributed by atoms with Crippen molar-refractivity contribution < 1.29 is 9.66 Å². The molecule has 5 nitrogen and oxygen atoms in total. The summed E-state index contributed by atoms with van der Waals surface area (Å²) in [6.45, 7) is 1.91. The van der Waals surface area contributed by atoms with E-state index in [1.165, 1.54) is 7.11 Å². The van der Waals surface area contributed by atoms with E-state index in [0.29, 0.717) is 0 Å². The standard InChI is InChI=1S/C11H16N2O3/c1-8(12)3-4-9-5-6-11(16-2)10(7-9)13(14)15/h5-8H,3-4,12H2,1-2H3/t8-/m1/s1. The van der Waals surface area contributed by atoms with Gasteiger partial charge in [0.05, 0.1) is 12.0 Å². The van der Waals surface area contributed by atoms with Crippen LogP contribution in [0.25, 0.3) is 0 Å². The zero-order chi connectivity index (χ0) is 12.1. The number of hydrogen-bond acceptors (Lipinski definition) is 4. The van der Waals surface area contributed by atoms with E-state index in [1.807, 2.05) is 13.0 Å². The van der Waals surface area contributed by atoms with Crippen LogP contribution in [-0.2, 0) is 6.42 Å². The highest BCUT2D eigenvalue weighted by Crippen LogP contribution is 2.27. The van der Waals surface area contributed by atoms with Crippen molar-refractivity contribution in [3.05, 3.63) is 33.9 Å². The number of nitrogens with two attached hydrogens (primary N) is 1. The van der Waals surface area contributed by atoms with E-state index < -0.39 is 4.92 Å². The summed E-state index contributed by atoms with van der Waals surface area (Å²) in [7, 11) is 1.42. The maximum absolute atomic E-state index is 10.8. The predicted octanol–water partition coefficient (Wildman–Crippen LogP) is 1.88. The van der Waals surface area contributed by atoms with E-state index in [1.54, 1.807) is 12.1 Å². The minimum absolute atomic E-state index is 0.00433. The fraction of sp³-hybridized carbons (Fsp3) is 0.455. The maximum Gasteiger partial charge on any atom is 0.311 e. The third kappa shape index (κ3) is 3.20. The monoisotopic (exact) mass is 224 g/mol. The number of aryl methyl sites for hydroxylation is 1. The topological polar surface area (TPSA) is 78.4 Å². The van der Waals surface area contributed by atoms with Gasteiger partial charge in [0.1, 0.15) is 0 Å². The van der Waals surface area contributed by atoms with E-state index in [-0.39, 0.29) is 17.5 Å². The molecule has 0 heterocycles. The highest BCUT2D eigenvalue weighted by molar-refractivity contribution is 5.48. The van der Waals surface area contributed by atoms with Gasteiger partial charge in [-0.3, -0.25) is 10.1 Å². The smallest absolute Gasteiger partial charge is 0.311 e. The summed E-state index contributed by atoms with van der Waals surface area (Å²) in [6, 6.07) is 5.09. The van der Waals surface area contributed by atoms with Gasteiger partial charge in [-0.2, -0.15) is 0 Å². The molecule has 0 spiro atoms. The predicted molar refractivity (Wildman–Crippen MR) is 61.6 cm³/mol. The molecule has 1 atom stereocenters. The number of nitrogens with zero attached hydrogens (tertiary/aromatic N) is 1. The summed E-state index contributed by atoms with van der Waals surface area (Å²) in [5, 5.41) is 10.8. The van der Waals surface area contributed by atoms with Crippen LogP contribution in [0.2, 0.25) is 0 Å². The molecular formula is C11H16N2O3. The van der Waals surface area contributed by atoms with Gasteiger partial charge < -0.3 is 10.5 Å². The molecular weight excluding hydrogens is 208 g/mol. The zero-order valence-corrected chi connectivity index (χ0v) is 9.47. The summed E-state index contributed by atoms with van der Waals surface area (Å²) in [5.74, 6) is 0.287. The number of rotatable bonds is 5. The van der Waals surface area contributed by atoms with Crippen molar-refractivity contribution in [2.45, 2.75) is 25.8 Å². The van der Waals surface area contributed by atoms with Crippen LogP contribution in [0.4, 0.5) is 5.69 Å². The molecule has 1 rings (SSSR count). The SMILES string of the molecule is COc1ccc(CC[C@@H](C)N)cc1[N+](=O)[O-]. The van der Waals surface area contributed by atoms with Gasteiger partial charge in [0, 0.05) is 12.1 Å². The molecule has 0 unspecified atom stereocenters. The van der Waals surface area contributed by atoms with Gasteiger partial charge in [-0.15, -0.1) is 0 Å².